The molecule has 1 aromatic heterocycles. The molecular formula is C17H15N3O3. The molecule has 6 heteroatoms. The van der Waals surface area contributed by atoms with Crippen molar-refractivity contribution in [3.8, 4) is 5.88 Å². The highest BCUT2D eigenvalue weighted by Crippen LogP contribution is 2.35. The van der Waals surface area contributed by atoms with Crippen molar-refractivity contribution < 1.29 is 5.11 Å². The third-order valence-electron chi connectivity index (χ3n) is 3.68. The number of allylic oxidation sites excluding steroid dienone is 2. The Hall–Kier alpha value is -3.15. The third kappa shape index (κ3) is 2.44. The second-order valence-corrected chi connectivity index (χ2v) is 5.17. The van der Waals surface area contributed by atoms with Crippen LogP contribution in [0.25, 0.3) is 11.6 Å². The largest absolute Gasteiger partial charge is 0.494 e. The maximum atomic E-state index is 12.1. The van der Waals surface area contributed by atoms with Gasteiger partial charge < -0.3 is 5.11 Å². The Labute approximate surface area is 131 Å². The molecule has 6 nitrogen and oxygen atoms in total. The van der Waals surface area contributed by atoms with Crippen LogP contribution in [0.4, 0.5) is 5.69 Å². The SMILES string of the molecule is C=CCn1c(O)c(C=C2C(C)=Nc3ccccc32)c(=O)[nH]c1=O. The smallest absolute Gasteiger partial charge is 0.331 e. The van der Waals surface area contributed by atoms with Crippen LogP contribution in [0.2, 0.25) is 0 Å². The third-order valence-corrected chi connectivity index (χ3v) is 3.68. The Morgan fingerprint density at radius 2 is 2.09 bits per heavy atom. The van der Waals surface area contributed by atoms with E-state index in [0.717, 1.165) is 27.1 Å². The van der Waals surface area contributed by atoms with Gasteiger partial charge in [0.25, 0.3) is 5.56 Å². The molecule has 0 aliphatic carbocycles. The number of aromatic nitrogens is 2. The van der Waals surface area contributed by atoms with E-state index in [0.29, 0.717) is 0 Å². The molecule has 0 radical (unpaired) electrons. The van der Waals surface area contributed by atoms with Crippen LogP contribution < -0.4 is 11.2 Å². The molecule has 23 heavy (non-hydrogen) atoms. The zero-order chi connectivity index (χ0) is 16.6. The molecule has 3 rings (SSSR count). The number of nitrogens with zero attached hydrogens (tertiary/aromatic N) is 2. The van der Waals surface area contributed by atoms with Crippen LogP contribution in [0.1, 0.15) is 18.1 Å². The minimum Gasteiger partial charge on any atom is -0.494 e. The minimum absolute atomic E-state index is 0.0210. The number of rotatable bonds is 3. The normalized spacial score (nSPS) is 14.7. The molecule has 1 aromatic carbocycles. The highest BCUT2D eigenvalue weighted by molar-refractivity contribution is 6.31. The number of fused-ring (bicyclic) bond motifs is 1. The molecule has 2 heterocycles. The molecule has 0 atom stereocenters. The number of hydrogen-bond donors (Lipinski definition) is 2. The summed E-state index contributed by atoms with van der Waals surface area (Å²) < 4.78 is 1.05. The van der Waals surface area contributed by atoms with Crippen molar-refractivity contribution in [2.45, 2.75) is 13.5 Å². The minimum atomic E-state index is -0.674. The Kier molecular flexibility index (Phi) is 3.57. The average Bonchev–Trinajstić information content (AvgIpc) is 2.83. The van der Waals surface area contributed by atoms with Gasteiger partial charge in [0.1, 0.15) is 5.56 Å². The van der Waals surface area contributed by atoms with Gasteiger partial charge in [0.05, 0.1) is 5.69 Å². The van der Waals surface area contributed by atoms with Gasteiger partial charge in [-0.25, -0.2) is 4.79 Å². The van der Waals surface area contributed by atoms with Crippen LogP contribution in [-0.4, -0.2) is 20.4 Å². The van der Waals surface area contributed by atoms with Crippen LogP contribution in [0.3, 0.4) is 0 Å². The molecule has 0 unspecified atom stereocenters. The van der Waals surface area contributed by atoms with Crippen molar-refractivity contribution in [1.82, 2.24) is 9.55 Å². The van der Waals surface area contributed by atoms with Crippen molar-refractivity contribution in [2.75, 3.05) is 0 Å². The average molecular weight is 309 g/mol. The quantitative estimate of drug-likeness (QED) is 0.851. The van der Waals surface area contributed by atoms with Gasteiger partial charge in [-0.3, -0.25) is 19.3 Å². The summed E-state index contributed by atoms with van der Waals surface area (Å²) in [5.41, 5.74) is 1.88. The molecule has 1 aliphatic rings. The van der Waals surface area contributed by atoms with Gasteiger partial charge in [-0.05, 0) is 19.1 Å². The lowest BCUT2D eigenvalue weighted by molar-refractivity contribution is 0.409. The van der Waals surface area contributed by atoms with E-state index in [1.54, 1.807) is 6.08 Å². The first-order valence-electron chi connectivity index (χ1n) is 7.06. The van der Waals surface area contributed by atoms with E-state index < -0.39 is 11.2 Å². The van der Waals surface area contributed by atoms with Crippen molar-refractivity contribution in [1.29, 1.82) is 0 Å². The summed E-state index contributed by atoms with van der Waals surface area (Å²) in [5, 5.41) is 10.3. The Morgan fingerprint density at radius 3 is 2.83 bits per heavy atom. The molecule has 0 fully saturated rings. The van der Waals surface area contributed by atoms with Crippen LogP contribution in [0, 0.1) is 0 Å². The van der Waals surface area contributed by atoms with Crippen molar-refractivity contribution in [2.24, 2.45) is 4.99 Å². The standard InChI is InChI=1S/C17H15N3O3/c1-3-8-20-16(22)13(15(21)19-17(20)23)9-12-10(2)18-14-7-5-4-6-11(12)14/h3-7,9,22H,1,8H2,2H3,(H,19,21,23). The van der Waals surface area contributed by atoms with Gasteiger partial charge in [0.15, 0.2) is 0 Å². The number of aliphatic imine (C=N–C) groups is 1. The zero-order valence-electron chi connectivity index (χ0n) is 12.5. The van der Waals surface area contributed by atoms with Crippen molar-refractivity contribution in [3.05, 3.63) is 68.9 Å². The summed E-state index contributed by atoms with van der Waals surface area (Å²) in [6.07, 6.45) is 3.02. The number of nitrogens with one attached hydrogen (secondary N) is 1. The molecule has 0 saturated carbocycles. The predicted molar refractivity (Wildman–Crippen MR) is 90.3 cm³/mol. The Balaban J connectivity index is 2.23. The first kappa shape index (κ1) is 14.8. The van der Waals surface area contributed by atoms with E-state index in [1.807, 2.05) is 31.2 Å². The van der Waals surface area contributed by atoms with Crippen LogP contribution >= 0.6 is 0 Å². The number of benzene rings is 1. The lowest BCUT2D eigenvalue weighted by atomic mass is 10.0. The molecular weight excluding hydrogens is 294 g/mol. The fraction of sp³-hybridized carbons (Fsp3) is 0.118. The summed E-state index contributed by atoms with van der Waals surface area (Å²) in [6.45, 7) is 5.47. The van der Waals surface area contributed by atoms with Gasteiger partial charge in [-0.2, -0.15) is 0 Å². The number of hydrogen-bond acceptors (Lipinski definition) is 4. The van der Waals surface area contributed by atoms with Gasteiger partial charge in [-0.1, -0.05) is 24.3 Å². The highest BCUT2D eigenvalue weighted by Gasteiger charge is 2.19. The Bertz CT molecular complexity index is 977. The fourth-order valence-electron chi connectivity index (χ4n) is 2.56. The van der Waals surface area contributed by atoms with E-state index in [9.17, 15) is 14.7 Å². The summed E-state index contributed by atoms with van der Waals surface area (Å²) in [6, 6.07) is 7.53. The van der Waals surface area contributed by atoms with Gasteiger partial charge >= 0.3 is 5.69 Å². The van der Waals surface area contributed by atoms with Crippen LogP contribution in [0.15, 0.2) is 51.5 Å². The second kappa shape index (κ2) is 5.57. The Morgan fingerprint density at radius 1 is 1.35 bits per heavy atom. The summed E-state index contributed by atoms with van der Waals surface area (Å²) in [7, 11) is 0. The lowest BCUT2D eigenvalue weighted by Crippen LogP contribution is -2.31. The fourth-order valence-corrected chi connectivity index (χ4v) is 2.56. The van der Waals surface area contributed by atoms with Gasteiger partial charge in [0, 0.05) is 23.4 Å². The molecule has 0 spiro atoms. The maximum absolute atomic E-state index is 12.1. The van der Waals surface area contributed by atoms with Gasteiger partial charge in [-0.15, -0.1) is 6.58 Å². The number of H-pyrrole nitrogens is 1. The van der Waals surface area contributed by atoms with Crippen molar-refractivity contribution in [3.63, 3.8) is 0 Å². The summed E-state index contributed by atoms with van der Waals surface area (Å²) in [5.74, 6) is -0.386. The maximum Gasteiger partial charge on any atom is 0.331 e. The summed E-state index contributed by atoms with van der Waals surface area (Å²) >= 11 is 0. The van der Waals surface area contributed by atoms with Crippen molar-refractivity contribution >= 4 is 23.0 Å². The number of aromatic hydroxyl groups is 1. The van der Waals surface area contributed by atoms with E-state index >= 15 is 0 Å². The van der Waals surface area contributed by atoms with E-state index in [1.165, 1.54) is 6.08 Å². The lowest BCUT2D eigenvalue weighted by Gasteiger charge is -2.08. The van der Waals surface area contributed by atoms with E-state index in [4.69, 9.17) is 0 Å². The molecule has 0 amide bonds. The summed E-state index contributed by atoms with van der Waals surface area (Å²) in [4.78, 5) is 30.5. The molecule has 2 N–H and O–H groups in total. The zero-order valence-corrected chi connectivity index (χ0v) is 12.5. The second-order valence-electron chi connectivity index (χ2n) is 5.17. The molecule has 0 saturated heterocycles. The molecule has 2 aromatic rings. The number of para-hydroxylation sites is 1. The first-order chi connectivity index (χ1) is 11.0. The monoisotopic (exact) mass is 309 g/mol. The van der Waals surface area contributed by atoms with Crippen LogP contribution in [-0.2, 0) is 6.54 Å². The topological polar surface area (TPSA) is 87.4 Å². The van der Waals surface area contributed by atoms with E-state index in [-0.39, 0.29) is 18.0 Å². The molecule has 0 bridgehead atoms. The molecule has 1 aliphatic heterocycles. The first-order valence-corrected chi connectivity index (χ1v) is 7.06. The van der Waals surface area contributed by atoms with Crippen LogP contribution in [0.5, 0.6) is 5.88 Å². The highest BCUT2D eigenvalue weighted by atomic mass is 16.3. The van der Waals surface area contributed by atoms with E-state index in [2.05, 4.69) is 16.6 Å². The molecule has 116 valence electrons. The number of aromatic amines is 1. The predicted octanol–water partition coefficient (Wildman–Crippen LogP) is 2.07. The van der Waals surface area contributed by atoms with Gasteiger partial charge in [0.2, 0.25) is 5.88 Å².